The fourth-order valence-corrected chi connectivity index (χ4v) is 2.91. The fourth-order valence-electron chi connectivity index (χ4n) is 2.91. The SMILES string of the molecule is CCn1cc(-c2cc(C(F)(F)F)nc(N3CCCC(C)C3)n2)cn1. The summed E-state index contributed by atoms with van der Waals surface area (Å²) in [6, 6.07) is 0.994. The Bertz CT molecular complexity index is 710. The predicted molar refractivity (Wildman–Crippen MR) is 84.5 cm³/mol. The van der Waals surface area contributed by atoms with Crippen LogP contribution in [-0.4, -0.2) is 32.8 Å². The minimum atomic E-state index is -4.51. The van der Waals surface area contributed by atoms with E-state index in [1.807, 2.05) is 11.8 Å². The average molecular weight is 339 g/mol. The topological polar surface area (TPSA) is 46.8 Å². The van der Waals surface area contributed by atoms with Crippen molar-refractivity contribution in [3.8, 4) is 11.3 Å². The third kappa shape index (κ3) is 3.52. The van der Waals surface area contributed by atoms with Crippen LogP contribution >= 0.6 is 0 Å². The van der Waals surface area contributed by atoms with Crippen LogP contribution in [0, 0.1) is 5.92 Å². The smallest absolute Gasteiger partial charge is 0.341 e. The van der Waals surface area contributed by atoms with Gasteiger partial charge >= 0.3 is 6.18 Å². The van der Waals surface area contributed by atoms with Crippen molar-refractivity contribution in [3.63, 3.8) is 0 Å². The van der Waals surface area contributed by atoms with E-state index in [0.29, 0.717) is 31.1 Å². The van der Waals surface area contributed by atoms with Crippen molar-refractivity contribution in [3.05, 3.63) is 24.2 Å². The Morgan fingerprint density at radius 1 is 1.29 bits per heavy atom. The van der Waals surface area contributed by atoms with Crippen LogP contribution in [0.2, 0.25) is 0 Å². The molecule has 0 aliphatic carbocycles. The second-order valence-corrected chi connectivity index (χ2v) is 6.21. The third-order valence-electron chi connectivity index (χ3n) is 4.20. The van der Waals surface area contributed by atoms with E-state index in [1.165, 1.54) is 6.20 Å². The van der Waals surface area contributed by atoms with Crippen molar-refractivity contribution in [1.82, 2.24) is 19.7 Å². The summed E-state index contributed by atoms with van der Waals surface area (Å²) in [7, 11) is 0. The lowest BCUT2D eigenvalue weighted by Gasteiger charge is -2.31. The molecule has 0 saturated carbocycles. The monoisotopic (exact) mass is 339 g/mol. The van der Waals surface area contributed by atoms with E-state index in [2.05, 4.69) is 22.0 Å². The van der Waals surface area contributed by atoms with Crippen LogP contribution in [0.3, 0.4) is 0 Å². The number of nitrogens with zero attached hydrogens (tertiary/aromatic N) is 5. The molecule has 3 rings (SSSR count). The molecule has 2 aromatic rings. The van der Waals surface area contributed by atoms with Crippen LogP contribution in [-0.2, 0) is 12.7 Å². The molecule has 8 heteroatoms. The molecule has 0 aromatic carbocycles. The first-order chi connectivity index (χ1) is 11.4. The first-order valence-electron chi connectivity index (χ1n) is 8.11. The van der Waals surface area contributed by atoms with Gasteiger partial charge < -0.3 is 4.90 Å². The van der Waals surface area contributed by atoms with E-state index < -0.39 is 11.9 Å². The van der Waals surface area contributed by atoms with Crippen molar-refractivity contribution in [1.29, 1.82) is 0 Å². The highest BCUT2D eigenvalue weighted by atomic mass is 19.4. The number of piperidine rings is 1. The summed E-state index contributed by atoms with van der Waals surface area (Å²) >= 11 is 0. The highest BCUT2D eigenvalue weighted by Crippen LogP contribution is 2.32. The quantitative estimate of drug-likeness (QED) is 0.857. The van der Waals surface area contributed by atoms with Gasteiger partial charge in [0.05, 0.1) is 11.9 Å². The van der Waals surface area contributed by atoms with Gasteiger partial charge in [0.25, 0.3) is 0 Å². The molecule has 3 heterocycles. The Morgan fingerprint density at radius 2 is 2.08 bits per heavy atom. The number of aromatic nitrogens is 4. The molecule has 1 saturated heterocycles. The summed E-state index contributed by atoms with van der Waals surface area (Å²) in [6.45, 7) is 6.01. The van der Waals surface area contributed by atoms with Crippen molar-refractivity contribution in [2.24, 2.45) is 5.92 Å². The Kier molecular flexibility index (Phi) is 4.47. The van der Waals surface area contributed by atoms with Gasteiger partial charge in [-0.1, -0.05) is 6.92 Å². The first-order valence-corrected chi connectivity index (χ1v) is 8.11. The van der Waals surface area contributed by atoms with E-state index in [4.69, 9.17) is 0 Å². The summed E-state index contributed by atoms with van der Waals surface area (Å²) in [5, 5.41) is 4.12. The Hall–Kier alpha value is -2.12. The van der Waals surface area contributed by atoms with Crippen LogP contribution in [0.1, 0.15) is 32.4 Å². The van der Waals surface area contributed by atoms with Crippen molar-refractivity contribution < 1.29 is 13.2 Å². The van der Waals surface area contributed by atoms with Crippen LogP contribution in [0.5, 0.6) is 0 Å². The summed E-state index contributed by atoms with van der Waals surface area (Å²) in [6.07, 6.45) is 0.740. The van der Waals surface area contributed by atoms with E-state index in [-0.39, 0.29) is 11.6 Å². The highest BCUT2D eigenvalue weighted by Gasteiger charge is 2.34. The average Bonchev–Trinajstić information content (AvgIpc) is 3.03. The van der Waals surface area contributed by atoms with Crippen LogP contribution in [0.25, 0.3) is 11.3 Å². The lowest BCUT2D eigenvalue weighted by molar-refractivity contribution is -0.141. The zero-order valence-electron chi connectivity index (χ0n) is 13.7. The van der Waals surface area contributed by atoms with E-state index >= 15 is 0 Å². The molecule has 1 unspecified atom stereocenters. The number of rotatable bonds is 3. The van der Waals surface area contributed by atoms with Gasteiger partial charge in [0.15, 0.2) is 5.69 Å². The van der Waals surface area contributed by atoms with Crippen LogP contribution in [0.4, 0.5) is 19.1 Å². The van der Waals surface area contributed by atoms with E-state index in [1.54, 1.807) is 10.9 Å². The molecule has 1 atom stereocenters. The number of hydrogen-bond donors (Lipinski definition) is 0. The minimum absolute atomic E-state index is 0.149. The van der Waals surface area contributed by atoms with Gasteiger partial charge in [-0.05, 0) is 31.7 Å². The molecule has 130 valence electrons. The summed E-state index contributed by atoms with van der Waals surface area (Å²) in [5.74, 6) is 0.568. The molecule has 0 N–H and O–H groups in total. The Labute approximate surface area is 138 Å². The predicted octanol–water partition coefficient (Wildman–Crippen LogP) is 3.62. The molecule has 0 radical (unpaired) electrons. The molecule has 1 aliphatic heterocycles. The number of hydrogen-bond acceptors (Lipinski definition) is 4. The maximum atomic E-state index is 13.2. The van der Waals surface area contributed by atoms with Crippen LogP contribution in [0.15, 0.2) is 18.5 Å². The van der Waals surface area contributed by atoms with Gasteiger partial charge in [0.1, 0.15) is 0 Å². The number of anilines is 1. The largest absolute Gasteiger partial charge is 0.433 e. The zero-order chi connectivity index (χ0) is 17.3. The van der Waals surface area contributed by atoms with E-state index in [9.17, 15) is 13.2 Å². The lowest BCUT2D eigenvalue weighted by atomic mass is 10.0. The second kappa shape index (κ2) is 6.41. The van der Waals surface area contributed by atoms with Gasteiger partial charge in [-0.3, -0.25) is 4.68 Å². The second-order valence-electron chi connectivity index (χ2n) is 6.21. The Balaban J connectivity index is 2.03. The van der Waals surface area contributed by atoms with Crippen LogP contribution < -0.4 is 4.90 Å². The first kappa shape index (κ1) is 16.7. The lowest BCUT2D eigenvalue weighted by Crippen LogP contribution is -2.36. The molecule has 1 fully saturated rings. The summed E-state index contributed by atoms with van der Waals surface area (Å²) < 4.78 is 41.4. The molecule has 0 bridgehead atoms. The number of aryl methyl sites for hydroxylation is 1. The fraction of sp³-hybridized carbons (Fsp3) is 0.562. The molecule has 1 aliphatic rings. The molecule has 0 amide bonds. The van der Waals surface area contributed by atoms with Crippen molar-refractivity contribution in [2.45, 2.75) is 39.4 Å². The molecule has 0 spiro atoms. The Morgan fingerprint density at radius 3 is 2.71 bits per heavy atom. The molecular formula is C16H20F3N5. The molecule has 5 nitrogen and oxygen atoms in total. The van der Waals surface area contributed by atoms with Gasteiger partial charge in [0.2, 0.25) is 5.95 Å². The molecule has 24 heavy (non-hydrogen) atoms. The maximum absolute atomic E-state index is 13.2. The van der Waals surface area contributed by atoms with Crippen molar-refractivity contribution in [2.75, 3.05) is 18.0 Å². The normalized spacial score (nSPS) is 18.9. The standard InChI is InChI=1S/C16H20F3N5/c1-3-24-10-12(8-20-24)13-7-14(16(17,18)19)22-15(21-13)23-6-4-5-11(2)9-23/h7-8,10-11H,3-6,9H2,1-2H3. The van der Waals surface area contributed by atoms with Gasteiger partial charge in [0, 0.05) is 31.4 Å². The zero-order valence-corrected chi connectivity index (χ0v) is 13.7. The number of halogens is 3. The summed E-state index contributed by atoms with van der Waals surface area (Å²) in [4.78, 5) is 10.0. The van der Waals surface area contributed by atoms with Crippen molar-refractivity contribution >= 4 is 5.95 Å². The highest BCUT2D eigenvalue weighted by molar-refractivity contribution is 5.59. The third-order valence-corrected chi connectivity index (χ3v) is 4.20. The minimum Gasteiger partial charge on any atom is -0.341 e. The van der Waals surface area contributed by atoms with Gasteiger partial charge in [-0.15, -0.1) is 0 Å². The van der Waals surface area contributed by atoms with Gasteiger partial charge in [-0.25, -0.2) is 9.97 Å². The van der Waals surface area contributed by atoms with Gasteiger partial charge in [-0.2, -0.15) is 18.3 Å². The molecule has 2 aromatic heterocycles. The van der Waals surface area contributed by atoms with E-state index in [0.717, 1.165) is 18.9 Å². The maximum Gasteiger partial charge on any atom is 0.433 e. The summed E-state index contributed by atoms with van der Waals surface area (Å²) in [5.41, 5.74) is -0.0914. The molecular weight excluding hydrogens is 319 g/mol. The number of alkyl halides is 3.